The molecule has 1 saturated heterocycles. The zero-order chi connectivity index (χ0) is 14.1. The van der Waals surface area contributed by atoms with Crippen molar-refractivity contribution in [2.75, 3.05) is 18.4 Å². The third-order valence-corrected chi connectivity index (χ3v) is 4.64. The number of anilines is 1. The first-order chi connectivity index (χ1) is 9.63. The standard InChI is InChI=1S/C17H24N2O/c1-12-9-15-10-14(6-7-16(15)18-12)17(20)11-19-8-4-3-5-13(19)2/h6-7,10,12-13,18H,3-5,8-9,11H2,1-2H3. The zero-order valence-electron chi connectivity index (χ0n) is 12.5. The summed E-state index contributed by atoms with van der Waals surface area (Å²) in [5.41, 5.74) is 3.35. The van der Waals surface area contributed by atoms with Crippen LogP contribution in [0.3, 0.4) is 0 Å². The normalized spacial score (nSPS) is 26.1. The molecule has 2 aliphatic heterocycles. The Kier molecular flexibility index (Phi) is 3.79. The minimum atomic E-state index is 0.265. The number of benzene rings is 1. The summed E-state index contributed by atoms with van der Waals surface area (Å²) in [6, 6.07) is 7.15. The lowest BCUT2D eigenvalue weighted by Crippen LogP contribution is -2.40. The van der Waals surface area contributed by atoms with Gasteiger partial charge >= 0.3 is 0 Å². The van der Waals surface area contributed by atoms with Crippen LogP contribution in [0.5, 0.6) is 0 Å². The highest BCUT2D eigenvalue weighted by Gasteiger charge is 2.22. The lowest BCUT2D eigenvalue weighted by Gasteiger charge is -2.32. The second kappa shape index (κ2) is 5.57. The Balaban J connectivity index is 1.70. The third-order valence-electron chi connectivity index (χ3n) is 4.64. The molecule has 3 heteroatoms. The smallest absolute Gasteiger partial charge is 0.176 e. The maximum absolute atomic E-state index is 12.5. The molecule has 0 amide bonds. The SMILES string of the molecule is CC1Cc2cc(C(=O)CN3CCCCC3C)ccc2N1. The topological polar surface area (TPSA) is 32.3 Å². The Morgan fingerprint density at radius 1 is 1.35 bits per heavy atom. The van der Waals surface area contributed by atoms with Crippen LogP contribution in [0.25, 0.3) is 0 Å². The molecule has 1 aromatic rings. The van der Waals surface area contributed by atoms with Crippen molar-refractivity contribution in [1.82, 2.24) is 4.90 Å². The molecule has 0 radical (unpaired) electrons. The van der Waals surface area contributed by atoms with E-state index in [9.17, 15) is 4.79 Å². The number of carbonyl (C=O) groups is 1. The molecule has 2 heterocycles. The molecular formula is C17H24N2O. The number of hydrogen-bond acceptors (Lipinski definition) is 3. The number of piperidine rings is 1. The number of Topliss-reactive ketones (excluding diaryl/α,β-unsaturated/α-hetero) is 1. The molecule has 1 fully saturated rings. The van der Waals surface area contributed by atoms with Gasteiger partial charge in [0.15, 0.2) is 5.78 Å². The quantitative estimate of drug-likeness (QED) is 0.858. The van der Waals surface area contributed by atoms with Crippen molar-refractivity contribution in [2.24, 2.45) is 0 Å². The van der Waals surface area contributed by atoms with Gasteiger partial charge in [0.25, 0.3) is 0 Å². The number of ketones is 1. The van der Waals surface area contributed by atoms with Crippen LogP contribution in [0, 0.1) is 0 Å². The number of nitrogens with one attached hydrogen (secondary N) is 1. The molecule has 1 N–H and O–H groups in total. The summed E-state index contributed by atoms with van der Waals surface area (Å²) in [7, 11) is 0. The fourth-order valence-corrected chi connectivity index (χ4v) is 3.39. The van der Waals surface area contributed by atoms with Crippen molar-refractivity contribution in [3.63, 3.8) is 0 Å². The van der Waals surface area contributed by atoms with Gasteiger partial charge in [-0.2, -0.15) is 0 Å². The number of rotatable bonds is 3. The van der Waals surface area contributed by atoms with E-state index in [2.05, 4.69) is 36.2 Å². The predicted molar refractivity (Wildman–Crippen MR) is 82.4 cm³/mol. The Labute approximate surface area is 121 Å². The molecule has 0 bridgehead atoms. The van der Waals surface area contributed by atoms with Crippen LogP contribution < -0.4 is 5.32 Å². The highest BCUT2D eigenvalue weighted by atomic mass is 16.1. The van der Waals surface area contributed by atoms with E-state index in [0.29, 0.717) is 18.6 Å². The van der Waals surface area contributed by atoms with Gasteiger partial charge in [0.05, 0.1) is 6.54 Å². The Morgan fingerprint density at radius 3 is 3.00 bits per heavy atom. The van der Waals surface area contributed by atoms with E-state index in [4.69, 9.17) is 0 Å². The summed E-state index contributed by atoms with van der Waals surface area (Å²) in [5, 5.41) is 3.43. The first-order valence-corrected chi connectivity index (χ1v) is 7.80. The molecule has 108 valence electrons. The van der Waals surface area contributed by atoms with Gasteiger partial charge in [-0.3, -0.25) is 9.69 Å². The van der Waals surface area contributed by atoms with E-state index in [1.807, 2.05) is 6.07 Å². The second-order valence-electron chi connectivity index (χ2n) is 6.36. The largest absolute Gasteiger partial charge is 0.382 e. The van der Waals surface area contributed by atoms with Gasteiger partial charge in [-0.15, -0.1) is 0 Å². The average Bonchev–Trinajstić information content (AvgIpc) is 2.80. The van der Waals surface area contributed by atoms with Gasteiger partial charge in [0, 0.05) is 23.3 Å². The van der Waals surface area contributed by atoms with Crippen molar-refractivity contribution in [3.8, 4) is 0 Å². The van der Waals surface area contributed by atoms with Crippen molar-refractivity contribution >= 4 is 11.5 Å². The lowest BCUT2D eigenvalue weighted by molar-refractivity contribution is 0.0860. The lowest BCUT2D eigenvalue weighted by atomic mass is 10.0. The molecular weight excluding hydrogens is 248 g/mol. The number of carbonyl (C=O) groups excluding carboxylic acids is 1. The minimum absolute atomic E-state index is 0.265. The monoisotopic (exact) mass is 272 g/mol. The van der Waals surface area contributed by atoms with Gasteiger partial charge in [-0.05, 0) is 63.4 Å². The van der Waals surface area contributed by atoms with E-state index in [0.717, 1.165) is 18.5 Å². The first-order valence-electron chi connectivity index (χ1n) is 7.80. The summed E-state index contributed by atoms with van der Waals surface area (Å²) >= 11 is 0. The van der Waals surface area contributed by atoms with Gasteiger partial charge in [-0.25, -0.2) is 0 Å². The van der Waals surface area contributed by atoms with Gasteiger partial charge in [0.1, 0.15) is 0 Å². The molecule has 0 spiro atoms. The van der Waals surface area contributed by atoms with Gasteiger partial charge in [0.2, 0.25) is 0 Å². The Bertz CT molecular complexity index is 512. The number of nitrogens with zero attached hydrogens (tertiary/aromatic N) is 1. The van der Waals surface area contributed by atoms with Crippen LogP contribution in [0.4, 0.5) is 5.69 Å². The molecule has 2 unspecified atom stereocenters. The predicted octanol–water partition coefficient (Wildman–Crippen LogP) is 3.10. The second-order valence-corrected chi connectivity index (χ2v) is 6.36. The van der Waals surface area contributed by atoms with Crippen molar-refractivity contribution in [1.29, 1.82) is 0 Å². The van der Waals surface area contributed by atoms with E-state index in [1.165, 1.54) is 30.5 Å². The minimum Gasteiger partial charge on any atom is -0.382 e. The van der Waals surface area contributed by atoms with E-state index in [1.54, 1.807) is 0 Å². The Hall–Kier alpha value is -1.35. The van der Waals surface area contributed by atoms with E-state index < -0.39 is 0 Å². The van der Waals surface area contributed by atoms with Crippen molar-refractivity contribution in [3.05, 3.63) is 29.3 Å². The van der Waals surface area contributed by atoms with Gasteiger partial charge < -0.3 is 5.32 Å². The average molecular weight is 272 g/mol. The molecule has 2 atom stereocenters. The van der Waals surface area contributed by atoms with Crippen LogP contribution in [0.2, 0.25) is 0 Å². The van der Waals surface area contributed by atoms with E-state index >= 15 is 0 Å². The van der Waals surface area contributed by atoms with Crippen LogP contribution in [-0.4, -0.2) is 35.9 Å². The zero-order valence-corrected chi connectivity index (χ0v) is 12.5. The van der Waals surface area contributed by atoms with E-state index in [-0.39, 0.29) is 5.78 Å². The summed E-state index contributed by atoms with van der Waals surface area (Å²) in [6.07, 6.45) is 4.77. The highest BCUT2D eigenvalue weighted by Crippen LogP contribution is 2.27. The molecule has 20 heavy (non-hydrogen) atoms. The molecule has 0 saturated carbocycles. The Morgan fingerprint density at radius 2 is 2.20 bits per heavy atom. The fourth-order valence-electron chi connectivity index (χ4n) is 3.39. The number of likely N-dealkylation sites (tertiary alicyclic amines) is 1. The summed E-state index contributed by atoms with van der Waals surface area (Å²) in [5.74, 6) is 0.265. The molecule has 2 aliphatic rings. The summed E-state index contributed by atoms with van der Waals surface area (Å²) < 4.78 is 0. The number of hydrogen-bond donors (Lipinski definition) is 1. The third kappa shape index (κ3) is 2.73. The summed E-state index contributed by atoms with van der Waals surface area (Å²) in [6.45, 7) is 6.05. The molecule has 3 rings (SSSR count). The van der Waals surface area contributed by atoms with Gasteiger partial charge in [-0.1, -0.05) is 6.42 Å². The van der Waals surface area contributed by atoms with Crippen molar-refractivity contribution < 1.29 is 4.79 Å². The maximum atomic E-state index is 12.5. The van der Waals surface area contributed by atoms with Crippen LogP contribution >= 0.6 is 0 Å². The molecule has 1 aromatic carbocycles. The molecule has 0 aromatic heterocycles. The maximum Gasteiger partial charge on any atom is 0.176 e. The summed E-state index contributed by atoms with van der Waals surface area (Å²) in [4.78, 5) is 14.8. The van der Waals surface area contributed by atoms with Crippen LogP contribution in [-0.2, 0) is 6.42 Å². The highest BCUT2D eigenvalue weighted by molar-refractivity contribution is 5.98. The molecule has 3 nitrogen and oxygen atoms in total. The molecule has 0 aliphatic carbocycles. The van der Waals surface area contributed by atoms with Crippen LogP contribution in [0.1, 0.15) is 49.0 Å². The fraction of sp³-hybridized carbons (Fsp3) is 0.588. The number of fused-ring (bicyclic) bond motifs is 1. The van der Waals surface area contributed by atoms with Crippen molar-refractivity contribution in [2.45, 2.75) is 51.6 Å². The first kappa shape index (κ1) is 13.6. The van der Waals surface area contributed by atoms with Crippen LogP contribution in [0.15, 0.2) is 18.2 Å².